The van der Waals surface area contributed by atoms with E-state index in [1.165, 1.54) is 24.4 Å². The van der Waals surface area contributed by atoms with Crippen molar-refractivity contribution in [2.45, 2.75) is 11.3 Å². The van der Waals surface area contributed by atoms with Gasteiger partial charge in [0.1, 0.15) is 11.6 Å². The summed E-state index contributed by atoms with van der Waals surface area (Å²) in [4.78, 5) is 11.8. The van der Waals surface area contributed by atoms with Crippen molar-refractivity contribution in [3.63, 3.8) is 0 Å². The molecular formula is C18H16BrN3O4S. The lowest BCUT2D eigenvalue weighted by molar-refractivity contribution is -0.112. The standard InChI is InChI=1S/C18H16BrN3O4S/c19-17-7-2-1-4-13(17)8-9-21-12-14(11-20)18(23)22-15-5-3-6-16(10-15)27(24,25)26/h1-7,10,12,21H,8-9H2,(H,22,23)(H,24,25,26)/b14-12-. The second-order valence-electron chi connectivity index (χ2n) is 5.42. The van der Waals surface area contributed by atoms with E-state index in [2.05, 4.69) is 26.6 Å². The maximum atomic E-state index is 12.2. The molecule has 9 heteroatoms. The van der Waals surface area contributed by atoms with E-state index in [1.54, 1.807) is 6.07 Å². The molecule has 0 aromatic heterocycles. The maximum Gasteiger partial charge on any atom is 0.294 e. The number of nitriles is 1. The molecule has 2 aromatic rings. The molecule has 140 valence electrons. The molecule has 0 saturated heterocycles. The summed E-state index contributed by atoms with van der Waals surface area (Å²) in [5, 5.41) is 14.5. The summed E-state index contributed by atoms with van der Waals surface area (Å²) >= 11 is 3.45. The minimum absolute atomic E-state index is 0.143. The van der Waals surface area contributed by atoms with E-state index in [0.717, 1.165) is 16.1 Å². The highest BCUT2D eigenvalue weighted by Gasteiger charge is 2.13. The van der Waals surface area contributed by atoms with Crippen molar-refractivity contribution in [1.29, 1.82) is 5.26 Å². The summed E-state index contributed by atoms with van der Waals surface area (Å²) in [6, 6.07) is 14.6. The Labute approximate surface area is 165 Å². The molecule has 0 radical (unpaired) electrons. The number of carbonyl (C=O) groups is 1. The van der Waals surface area contributed by atoms with Gasteiger partial charge in [-0.25, -0.2) is 0 Å². The summed E-state index contributed by atoms with van der Waals surface area (Å²) in [5.41, 5.74) is 1.06. The van der Waals surface area contributed by atoms with Crippen LogP contribution in [-0.4, -0.2) is 25.4 Å². The van der Waals surface area contributed by atoms with E-state index < -0.39 is 16.0 Å². The number of nitrogens with one attached hydrogen (secondary N) is 2. The Balaban J connectivity index is 1.98. The van der Waals surface area contributed by atoms with Crippen LogP contribution >= 0.6 is 15.9 Å². The fourth-order valence-electron chi connectivity index (χ4n) is 2.16. The second kappa shape index (κ2) is 9.32. The smallest absolute Gasteiger partial charge is 0.294 e. The molecule has 0 heterocycles. The zero-order valence-electron chi connectivity index (χ0n) is 14.0. The highest BCUT2D eigenvalue weighted by atomic mass is 79.9. The predicted octanol–water partition coefficient (Wildman–Crippen LogP) is 2.87. The monoisotopic (exact) mass is 449 g/mol. The van der Waals surface area contributed by atoms with Crippen molar-refractivity contribution in [3.05, 3.63) is 70.3 Å². The molecular weight excluding hydrogens is 434 g/mol. The Kier molecular flexibility index (Phi) is 7.12. The van der Waals surface area contributed by atoms with Gasteiger partial charge in [0.25, 0.3) is 16.0 Å². The molecule has 0 aliphatic carbocycles. The second-order valence-corrected chi connectivity index (χ2v) is 7.70. The molecule has 2 aromatic carbocycles. The number of amides is 1. The van der Waals surface area contributed by atoms with Crippen molar-refractivity contribution in [2.24, 2.45) is 0 Å². The number of anilines is 1. The fourth-order valence-corrected chi connectivity index (χ4v) is 3.17. The first kappa shape index (κ1) is 20.6. The first-order valence-electron chi connectivity index (χ1n) is 7.77. The predicted molar refractivity (Wildman–Crippen MR) is 104 cm³/mol. The van der Waals surface area contributed by atoms with Crippen LogP contribution in [0.2, 0.25) is 0 Å². The Bertz CT molecular complexity index is 1010. The molecule has 0 aliphatic rings. The van der Waals surface area contributed by atoms with Crippen molar-refractivity contribution in [1.82, 2.24) is 5.32 Å². The van der Waals surface area contributed by atoms with Crippen LogP contribution in [0.4, 0.5) is 5.69 Å². The summed E-state index contributed by atoms with van der Waals surface area (Å²) < 4.78 is 32.3. The summed E-state index contributed by atoms with van der Waals surface area (Å²) in [5.74, 6) is -0.696. The topological polar surface area (TPSA) is 119 Å². The summed E-state index contributed by atoms with van der Waals surface area (Å²) in [7, 11) is -4.38. The molecule has 0 saturated carbocycles. The first-order valence-corrected chi connectivity index (χ1v) is 10.0. The van der Waals surface area contributed by atoms with Gasteiger partial charge in [-0.15, -0.1) is 0 Å². The van der Waals surface area contributed by atoms with Gasteiger partial charge in [-0.2, -0.15) is 13.7 Å². The molecule has 7 nitrogen and oxygen atoms in total. The summed E-state index contributed by atoms with van der Waals surface area (Å²) in [6.45, 7) is 0.513. The molecule has 3 N–H and O–H groups in total. The van der Waals surface area contributed by atoms with Crippen molar-refractivity contribution < 1.29 is 17.8 Å². The van der Waals surface area contributed by atoms with E-state index in [4.69, 9.17) is 9.81 Å². The van der Waals surface area contributed by atoms with Gasteiger partial charge in [0.2, 0.25) is 0 Å². The van der Waals surface area contributed by atoms with Gasteiger partial charge >= 0.3 is 0 Å². The average Bonchev–Trinajstić information content (AvgIpc) is 2.62. The molecule has 27 heavy (non-hydrogen) atoms. The van der Waals surface area contributed by atoms with Crippen LogP contribution in [-0.2, 0) is 21.3 Å². The normalized spacial score (nSPS) is 11.5. The quantitative estimate of drug-likeness (QED) is 0.258. The Morgan fingerprint density at radius 3 is 2.63 bits per heavy atom. The van der Waals surface area contributed by atoms with E-state index in [-0.39, 0.29) is 16.2 Å². The number of halogens is 1. The van der Waals surface area contributed by atoms with Gasteiger partial charge in [0.15, 0.2) is 0 Å². The minimum Gasteiger partial charge on any atom is -0.389 e. The number of carbonyl (C=O) groups excluding carboxylic acids is 1. The lowest BCUT2D eigenvalue weighted by Gasteiger charge is -2.07. The van der Waals surface area contributed by atoms with Crippen LogP contribution in [0.3, 0.4) is 0 Å². The fraction of sp³-hybridized carbons (Fsp3) is 0.111. The van der Waals surface area contributed by atoms with E-state index >= 15 is 0 Å². The van der Waals surface area contributed by atoms with Crippen LogP contribution < -0.4 is 10.6 Å². The van der Waals surface area contributed by atoms with Crippen LogP contribution in [0, 0.1) is 11.3 Å². The van der Waals surface area contributed by atoms with Gasteiger partial charge in [-0.1, -0.05) is 40.2 Å². The average molecular weight is 450 g/mol. The lowest BCUT2D eigenvalue weighted by atomic mass is 10.1. The molecule has 2 rings (SSSR count). The zero-order valence-corrected chi connectivity index (χ0v) is 16.4. The van der Waals surface area contributed by atoms with E-state index in [0.29, 0.717) is 13.0 Å². The van der Waals surface area contributed by atoms with Crippen LogP contribution in [0.25, 0.3) is 0 Å². The largest absolute Gasteiger partial charge is 0.389 e. The third kappa shape index (κ3) is 6.21. The number of benzene rings is 2. The maximum absolute atomic E-state index is 12.2. The lowest BCUT2D eigenvalue weighted by Crippen LogP contribution is -2.18. The van der Waals surface area contributed by atoms with Crippen LogP contribution in [0.15, 0.2) is 69.7 Å². The number of hydrogen-bond donors (Lipinski definition) is 3. The van der Waals surface area contributed by atoms with Gasteiger partial charge in [0, 0.05) is 22.9 Å². The van der Waals surface area contributed by atoms with Gasteiger partial charge in [0.05, 0.1) is 4.90 Å². The third-order valence-electron chi connectivity index (χ3n) is 3.50. The summed E-state index contributed by atoms with van der Waals surface area (Å²) in [6.07, 6.45) is 1.99. The van der Waals surface area contributed by atoms with Crippen LogP contribution in [0.1, 0.15) is 5.56 Å². The molecule has 1 amide bonds. The molecule has 0 atom stereocenters. The molecule has 0 unspecified atom stereocenters. The first-order chi connectivity index (χ1) is 12.8. The van der Waals surface area contributed by atoms with Crippen molar-refractivity contribution >= 4 is 37.6 Å². The van der Waals surface area contributed by atoms with Crippen LogP contribution in [0.5, 0.6) is 0 Å². The molecule has 0 bridgehead atoms. The molecule has 0 fully saturated rings. The highest BCUT2D eigenvalue weighted by molar-refractivity contribution is 9.10. The van der Waals surface area contributed by atoms with Gasteiger partial charge in [-0.3, -0.25) is 9.35 Å². The Hall–Kier alpha value is -2.67. The minimum atomic E-state index is -4.38. The van der Waals surface area contributed by atoms with Gasteiger partial charge in [-0.05, 0) is 36.2 Å². The van der Waals surface area contributed by atoms with Gasteiger partial charge < -0.3 is 10.6 Å². The number of rotatable bonds is 7. The van der Waals surface area contributed by atoms with E-state index in [1.807, 2.05) is 24.3 Å². The Morgan fingerprint density at radius 2 is 1.96 bits per heavy atom. The highest BCUT2D eigenvalue weighted by Crippen LogP contribution is 2.16. The van der Waals surface area contributed by atoms with E-state index in [9.17, 15) is 13.2 Å². The number of hydrogen-bond acceptors (Lipinski definition) is 5. The number of nitrogens with zero attached hydrogens (tertiary/aromatic N) is 1. The molecule has 0 spiro atoms. The third-order valence-corrected chi connectivity index (χ3v) is 5.12. The van der Waals surface area contributed by atoms with Crippen molar-refractivity contribution in [3.8, 4) is 6.07 Å². The SMILES string of the molecule is N#C/C(=C/NCCc1ccccc1Br)C(=O)Nc1cccc(S(=O)(=O)O)c1. The zero-order chi connectivity index (χ0) is 19.9. The molecule has 0 aliphatic heterocycles. The van der Waals surface area contributed by atoms with Crippen molar-refractivity contribution in [2.75, 3.05) is 11.9 Å². The Morgan fingerprint density at radius 1 is 1.22 bits per heavy atom.